The topological polar surface area (TPSA) is 54.5 Å². The lowest BCUT2D eigenvalue weighted by Gasteiger charge is -2.42. The Morgan fingerprint density at radius 3 is 1.65 bits per heavy atom. The molecule has 0 aromatic rings. The van der Waals surface area contributed by atoms with E-state index in [0.29, 0.717) is 0 Å². The molecule has 4 nitrogen and oxygen atoms in total. The first-order valence-electron chi connectivity index (χ1n) is 3.64. The maximum atomic E-state index is 13.0. The van der Waals surface area contributed by atoms with Crippen LogP contribution < -0.4 is 0 Å². The first-order valence-corrected chi connectivity index (χ1v) is 6.77. The van der Waals surface area contributed by atoms with Crippen molar-refractivity contribution in [3.63, 3.8) is 0 Å². The second-order valence-corrected chi connectivity index (χ2v) is 7.75. The summed E-state index contributed by atoms with van der Waals surface area (Å²) in [6.45, 7) is 0. The molecule has 0 amide bonds. The Bertz CT molecular complexity index is 502. The fraction of sp³-hybridized carbons (Fsp3) is 0.800. The molecule has 0 saturated carbocycles. The Morgan fingerprint density at radius 1 is 0.941 bits per heavy atom. The minimum atomic E-state index is -6.32. The van der Waals surface area contributed by atoms with Crippen molar-refractivity contribution >= 4 is 25.6 Å². The molecule has 12 heteroatoms. The van der Waals surface area contributed by atoms with E-state index in [4.69, 9.17) is 0 Å². The second-order valence-electron chi connectivity index (χ2n) is 3.16. The van der Waals surface area contributed by atoms with Crippen molar-refractivity contribution in [2.45, 2.75) is 16.4 Å². The molecule has 0 aromatic carbocycles. The molecular weight excluding hydrogens is 300 g/mol. The van der Waals surface area contributed by atoms with Gasteiger partial charge in [0.25, 0.3) is 10.0 Å². The van der Waals surface area contributed by atoms with Crippen molar-refractivity contribution in [3.8, 4) is 0 Å². The molecule has 1 heterocycles. The van der Waals surface area contributed by atoms with Gasteiger partial charge in [0.1, 0.15) is 9.71 Å². The number of halogens is 6. The van der Waals surface area contributed by atoms with Crippen molar-refractivity contribution in [3.05, 3.63) is 0 Å². The Morgan fingerprint density at radius 2 is 1.29 bits per heavy atom. The van der Waals surface area contributed by atoms with Gasteiger partial charge in [-0.2, -0.15) is 26.3 Å². The molecule has 0 N–H and O–H groups in total. The van der Waals surface area contributed by atoms with E-state index in [-0.39, 0.29) is 7.05 Å². The van der Waals surface area contributed by atoms with Crippen LogP contribution >= 0.6 is 0 Å². The first-order chi connectivity index (χ1) is 7.15. The van der Waals surface area contributed by atoms with Gasteiger partial charge in [0.05, 0.1) is 0 Å². The lowest BCUT2D eigenvalue weighted by molar-refractivity contribution is -0.247. The third-order valence-corrected chi connectivity index (χ3v) is 6.99. The summed E-state index contributed by atoms with van der Waals surface area (Å²) in [5, 5.41) is -11.9. The average molecular weight is 305 g/mol. The van der Waals surface area contributed by atoms with Crippen LogP contribution in [0.1, 0.15) is 0 Å². The molecule has 1 rings (SSSR count). The number of alkyl halides is 6. The predicted molar refractivity (Wildman–Crippen MR) is 46.8 cm³/mol. The van der Waals surface area contributed by atoms with Gasteiger partial charge in [-0.1, -0.05) is 0 Å². The number of rotatable bonds is 0. The molecule has 0 bridgehead atoms. The van der Waals surface area contributed by atoms with E-state index in [1.165, 1.54) is 0 Å². The summed E-state index contributed by atoms with van der Waals surface area (Å²) in [6, 6.07) is 0. The van der Waals surface area contributed by atoms with Crippen molar-refractivity contribution in [2.75, 3.05) is 7.05 Å². The SMILES string of the molecule is C=S1(=O)N(C)S(=O)(=O)C(F)(F)C(F)(F)C1(F)F. The summed E-state index contributed by atoms with van der Waals surface area (Å²) >= 11 is 0. The fourth-order valence-electron chi connectivity index (χ4n) is 1.01. The van der Waals surface area contributed by atoms with Gasteiger partial charge in [0.2, 0.25) is 0 Å². The smallest absolute Gasteiger partial charge is 0.245 e. The van der Waals surface area contributed by atoms with Crippen LogP contribution in [-0.4, -0.2) is 45.7 Å². The summed E-state index contributed by atoms with van der Waals surface area (Å²) in [7, 11) is -11.6. The van der Waals surface area contributed by atoms with Crippen LogP contribution in [-0.2, 0) is 19.7 Å². The summed E-state index contributed by atoms with van der Waals surface area (Å²) in [5.41, 5.74) is 0. The zero-order chi connectivity index (χ0) is 14.1. The Balaban J connectivity index is 3.82. The molecule has 1 aliphatic rings. The lowest BCUT2D eigenvalue weighted by Crippen LogP contribution is -2.70. The standard InChI is InChI=1S/C5H5F6NO3S2/c1-12-16(2,13)4(8,9)3(6,7)5(10,11)17(12,14)15/h2H2,1H3. The van der Waals surface area contributed by atoms with Crippen molar-refractivity contribution in [1.29, 1.82) is 0 Å². The number of hydrogen-bond donors (Lipinski definition) is 0. The minimum Gasteiger partial charge on any atom is -0.245 e. The van der Waals surface area contributed by atoms with Crippen LogP contribution in [0.15, 0.2) is 0 Å². The second kappa shape index (κ2) is 3.09. The van der Waals surface area contributed by atoms with E-state index >= 15 is 0 Å². The summed E-state index contributed by atoms with van der Waals surface area (Å²) in [6.07, 6.45) is 0. The first kappa shape index (κ1) is 14.6. The third-order valence-electron chi connectivity index (χ3n) is 2.21. The van der Waals surface area contributed by atoms with Gasteiger partial charge in [-0.05, 0) is 5.87 Å². The molecule has 0 aromatic heterocycles. The van der Waals surface area contributed by atoms with E-state index in [0.717, 1.165) is 0 Å². The van der Waals surface area contributed by atoms with Gasteiger partial charge in [-0.3, -0.25) is 0 Å². The third kappa shape index (κ3) is 1.25. The molecule has 1 atom stereocenters. The number of sulfonamides is 1. The molecule has 102 valence electrons. The van der Waals surface area contributed by atoms with Crippen LogP contribution in [0.2, 0.25) is 0 Å². The number of hydrogen-bond acceptors (Lipinski definition) is 3. The Labute approximate surface area is 92.4 Å². The van der Waals surface area contributed by atoms with Crippen LogP contribution in [0.4, 0.5) is 26.3 Å². The minimum absolute atomic E-state index is 0.0712. The van der Waals surface area contributed by atoms with E-state index in [1.54, 1.807) is 0 Å². The molecule has 1 saturated heterocycles. The average Bonchev–Trinajstić information content (AvgIpc) is 2.13. The van der Waals surface area contributed by atoms with Crippen LogP contribution in [0.5, 0.6) is 0 Å². The zero-order valence-corrected chi connectivity index (χ0v) is 9.60. The number of nitrogens with zero attached hydrogens (tertiary/aromatic N) is 1. The highest BCUT2D eigenvalue weighted by atomic mass is 32.3. The highest BCUT2D eigenvalue weighted by molar-refractivity contribution is 8.10. The molecule has 1 aliphatic heterocycles. The van der Waals surface area contributed by atoms with Gasteiger partial charge in [-0.25, -0.2) is 12.6 Å². The quantitative estimate of drug-likeness (QED) is 0.489. The van der Waals surface area contributed by atoms with Gasteiger partial charge in [-0.15, -0.1) is 3.71 Å². The summed E-state index contributed by atoms with van der Waals surface area (Å²) in [4.78, 5) is 0. The van der Waals surface area contributed by atoms with Crippen molar-refractivity contribution in [1.82, 2.24) is 3.71 Å². The highest BCUT2D eigenvalue weighted by Gasteiger charge is 2.85. The zero-order valence-electron chi connectivity index (χ0n) is 7.96. The Kier molecular flexibility index (Phi) is 2.65. The van der Waals surface area contributed by atoms with Crippen LogP contribution in [0, 0.1) is 0 Å². The lowest BCUT2D eigenvalue weighted by atomic mass is 10.3. The molecule has 0 spiro atoms. The van der Waals surface area contributed by atoms with E-state index in [9.17, 15) is 39.0 Å². The van der Waals surface area contributed by atoms with Gasteiger partial charge in [0, 0.05) is 7.05 Å². The summed E-state index contributed by atoms with van der Waals surface area (Å²) < 4.78 is 109. The monoisotopic (exact) mass is 305 g/mol. The predicted octanol–water partition coefficient (Wildman–Crippen LogP) is 0.714. The maximum absolute atomic E-state index is 13.0. The Hall–Kier alpha value is -0.490. The maximum Gasteiger partial charge on any atom is 0.429 e. The van der Waals surface area contributed by atoms with Crippen molar-refractivity contribution in [2.24, 2.45) is 0 Å². The van der Waals surface area contributed by atoms with E-state index in [1.807, 2.05) is 0 Å². The molecular formula is C5H5F6NO3S2. The largest absolute Gasteiger partial charge is 0.429 e. The van der Waals surface area contributed by atoms with Crippen molar-refractivity contribution < 1.29 is 39.0 Å². The molecule has 0 aliphatic carbocycles. The summed E-state index contributed by atoms with van der Waals surface area (Å²) in [5.74, 6) is -4.18. The van der Waals surface area contributed by atoms with Gasteiger partial charge >= 0.3 is 16.4 Å². The fourth-order valence-corrected chi connectivity index (χ4v) is 4.53. The molecule has 1 fully saturated rings. The molecule has 1 unspecified atom stereocenters. The van der Waals surface area contributed by atoms with Crippen LogP contribution in [0.25, 0.3) is 0 Å². The van der Waals surface area contributed by atoms with Crippen LogP contribution in [0.3, 0.4) is 0 Å². The molecule has 0 radical (unpaired) electrons. The van der Waals surface area contributed by atoms with E-state index < -0.39 is 39.9 Å². The molecule has 17 heavy (non-hydrogen) atoms. The van der Waals surface area contributed by atoms with Gasteiger partial charge in [0.15, 0.2) is 0 Å². The highest BCUT2D eigenvalue weighted by Crippen LogP contribution is 2.56. The van der Waals surface area contributed by atoms with E-state index in [2.05, 4.69) is 5.87 Å². The van der Waals surface area contributed by atoms with Gasteiger partial charge < -0.3 is 0 Å². The normalized spacial score (nSPS) is 38.8.